The number of Topliss-reactive ketones (excluding diaryl/α,β-unsaturated/α-hetero) is 1. The number of carbonyl (C=O) groups is 1. The number of benzene rings is 1. The van der Waals surface area contributed by atoms with Crippen molar-refractivity contribution in [2.45, 2.75) is 0 Å². The quantitative estimate of drug-likeness (QED) is 0.696. The summed E-state index contributed by atoms with van der Waals surface area (Å²) in [6.45, 7) is 0.951. The van der Waals surface area contributed by atoms with Gasteiger partial charge in [-0.25, -0.2) is 0 Å². The van der Waals surface area contributed by atoms with Crippen LogP contribution in [-0.2, 0) is 0 Å². The van der Waals surface area contributed by atoms with Crippen LogP contribution in [0.4, 0.5) is 0 Å². The zero-order valence-electron chi connectivity index (χ0n) is 8.34. The van der Waals surface area contributed by atoms with Gasteiger partial charge in [-0.1, -0.05) is 30.3 Å². The molecule has 0 amide bonds. The topological polar surface area (TPSA) is 32.7 Å². The minimum absolute atomic E-state index is 0.123. The number of carbonyl (C=O) groups excluding carboxylic acids is 1. The van der Waals surface area contributed by atoms with Crippen molar-refractivity contribution in [2.75, 3.05) is 13.2 Å². The molecule has 0 N–H and O–H groups in total. The second kappa shape index (κ2) is 4.55. The van der Waals surface area contributed by atoms with Gasteiger partial charge in [0.15, 0.2) is 5.78 Å². The van der Waals surface area contributed by atoms with Crippen LogP contribution >= 0.6 is 0 Å². The van der Waals surface area contributed by atoms with Crippen molar-refractivity contribution >= 4 is 12.0 Å². The van der Waals surface area contributed by atoms with Gasteiger partial charge in [-0.05, 0) is 6.08 Å². The summed E-state index contributed by atoms with van der Waals surface area (Å²) in [7, 11) is 0. The lowest BCUT2D eigenvalue weighted by atomic mass is 10.1. The Bertz CT molecular complexity index is 395. The van der Waals surface area contributed by atoms with Gasteiger partial charge in [0, 0.05) is 18.0 Å². The molecule has 15 heavy (non-hydrogen) atoms. The molecule has 0 atom stereocenters. The fourth-order valence-corrected chi connectivity index (χ4v) is 1.42. The van der Waals surface area contributed by atoms with Gasteiger partial charge < -0.3 is 4.90 Å². The molecule has 1 aliphatic rings. The first kappa shape index (κ1) is 9.65. The number of nitrogens with zero attached hydrogens (tertiary/aromatic N) is 2. The predicted molar refractivity (Wildman–Crippen MR) is 60.0 cm³/mol. The monoisotopic (exact) mass is 200 g/mol. The average molecular weight is 200 g/mol. The summed E-state index contributed by atoms with van der Waals surface area (Å²) in [4.78, 5) is 17.7. The lowest BCUT2D eigenvalue weighted by Gasteiger charge is -2.18. The van der Waals surface area contributed by atoms with Crippen LogP contribution in [-0.4, -0.2) is 30.1 Å². The minimum Gasteiger partial charge on any atom is -0.351 e. The van der Waals surface area contributed by atoms with E-state index in [9.17, 15) is 4.79 Å². The van der Waals surface area contributed by atoms with E-state index in [1.807, 2.05) is 47.5 Å². The lowest BCUT2D eigenvalue weighted by molar-refractivity contribution is 0.0956. The number of allylic oxidation sites excluding steroid dienone is 1. The van der Waals surface area contributed by atoms with Gasteiger partial charge in [0.1, 0.15) is 6.67 Å². The van der Waals surface area contributed by atoms with E-state index < -0.39 is 0 Å². The Balaban J connectivity index is 1.98. The van der Waals surface area contributed by atoms with E-state index in [0.717, 1.165) is 5.56 Å². The molecule has 3 nitrogen and oxygen atoms in total. The van der Waals surface area contributed by atoms with Crippen molar-refractivity contribution in [3.63, 3.8) is 0 Å². The fourth-order valence-electron chi connectivity index (χ4n) is 1.42. The molecule has 0 fully saturated rings. The second-order valence-corrected chi connectivity index (χ2v) is 3.35. The molecule has 0 saturated heterocycles. The van der Waals surface area contributed by atoms with Gasteiger partial charge in [-0.3, -0.25) is 9.79 Å². The number of aliphatic imine (C=N–C) groups is 1. The Morgan fingerprint density at radius 3 is 2.80 bits per heavy atom. The summed E-state index contributed by atoms with van der Waals surface area (Å²) in [6, 6.07) is 9.31. The molecular formula is C12H12N2O. The number of hydrogen-bond acceptors (Lipinski definition) is 3. The standard InChI is InChI=1S/C12H12N2O/c15-12(11-5-2-1-3-6-11)9-14-8-4-7-13-10-14/h1-8H,9-10H2. The van der Waals surface area contributed by atoms with Gasteiger partial charge in [0.05, 0.1) is 6.54 Å². The van der Waals surface area contributed by atoms with E-state index in [2.05, 4.69) is 4.99 Å². The first-order chi connectivity index (χ1) is 7.36. The predicted octanol–water partition coefficient (Wildman–Crippen LogP) is 1.73. The summed E-state index contributed by atoms with van der Waals surface area (Å²) < 4.78 is 0. The Hall–Kier alpha value is -1.90. The van der Waals surface area contributed by atoms with Crippen LogP contribution in [0.25, 0.3) is 0 Å². The number of rotatable bonds is 3. The SMILES string of the molecule is O=C(CN1C=CC=NC1)c1ccccc1. The van der Waals surface area contributed by atoms with E-state index in [4.69, 9.17) is 0 Å². The van der Waals surface area contributed by atoms with Gasteiger partial charge in [0.2, 0.25) is 0 Å². The van der Waals surface area contributed by atoms with Crippen molar-refractivity contribution in [2.24, 2.45) is 4.99 Å². The van der Waals surface area contributed by atoms with E-state index in [-0.39, 0.29) is 5.78 Å². The summed E-state index contributed by atoms with van der Waals surface area (Å²) >= 11 is 0. The van der Waals surface area contributed by atoms with Crippen molar-refractivity contribution < 1.29 is 4.79 Å². The molecule has 1 aromatic rings. The van der Waals surface area contributed by atoms with E-state index in [1.165, 1.54) is 0 Å². The largest absolute Gasteiger partial charge is 0.351 e. The highest BCUT2D eigenvalue weighted by molar-refractivity contribution is 5.97. The van der Waals surface area contributed by atoms with Crippen LogP contribution in [0.15, 0.2) is 47.6 Å². The highest BCUT2D eigenvalue weighted by Crippen LogP contribution is 2.03. The summed E-state index contributed by atoms with van der Waals surface area (Å²) in [5.74, 6) is 0.123. The third-order valence-electron chi connectivity index (χ3n) is 2.19. The maximum atomic E-state index is 11.8. The third kappa shape index (κ3) is 2.53. The minimum atomic E-state index is 0.123. The van der Waals surface area contributed by atoms with Crippen LogP contribution in [0.2, 0.25) is 0 Å². The highest BCUT2D eigenvalue weighted by Gasteiger charge is 2.09. The Morgan fingerprint density at radius 2 is 2.13 bits per heavy atom. The van der Waals surface area contributed by atoms with E-state index in [1.54, 1.807) is 6.21 Å². The molecule has 0 radical (unpaired) electrons. The smallest absolute Gasteiger partial charge is 0.182 e. The van der Waals surface area contributed by atoms with Gasteiger partial charge in [0.25, 0.3) is 0 Å². The van der Waals surface area contributed by atoms with E-state index in [0.29, 0.717) is 13.2 Å². The normalized spacial score (nSPS) is 14.3. The van der Waals surface area contributed by atoms with Gasteiger partial charge >= 0.3 is 0 Å². The fraction of sp³-hybridized carbons (Fsp3) is 0.167. The Labute approximate surface area is 88.7 Å². The molecule has 0 bridgehead atoms. The zero-order valence-corrected chi connectivity index (χ0v) is 8.34. The maximum Gasteiger partial charge on any atom is 0.182 e. The highest BCUT2D eigenvalue weighted by atomic mass is 16.1. The zero-order chi connectivity index (χ0) is 10.5. The van der Waals surface area contributed by atoms with Gasteiger partial charge in [-0.15, -0.1) is 0 Å². The number of hydrogen-bond donors (Lipinski definition) is 0. The van der Waals surface area contributed by atoms with Crippen LogP contribution in [0.5, 0.6) is 0 Å². The average Bonchev–Trinajstić information content (AvgIpc) is 2.31. The molecular weight excluding hydrogens is 188 g/mol. The molecule has 1 aliphatic heterocycles. The molecule has 76 valence electrons. The Morgan fingerprint density at radius 1 is 1.33 bits per heavy atom. The summed E-state index contributed by atoms with van der Waals surface area (Å²) in [5.41, 5.74) is 0.750. The van der Waals surface area contributed by atoms with E-state index >= 15 is 0 Å². The first-order valence-electron chi connectivity index (χ1n) is 4.85. The van der Waals surface area contributed by atoms with Crippen LogP contribution in [0.1, 0.15) is 10.4 Å². The summed E-state index contributed by atoms with van der Waals surface area (Å²) in [6.07, 6.45) is 5.46. The molecule has 0 spiro atoms. The number of ketones is 1. The molecule has 0 saturated carbocycles. The maximum absolute atomic E-state index is 11.8. The summed E-state index contributed by atoms with van der Waals surface area (Å²) in [5, 5.41) is 0. The molecule has 1 aromatic carbocycles. The van der Waals surface area contributed by atoms with Crippen LogP contribution in [0, 0.1) is 0 Å². The Kier molecular flexibility index (Phi) is 2.93. The van der Waals surface area contributed by atoms with Gasteiger partial charge in [-0.2, -0.15) is 0 Å². The third-order valence-corrected chi connectivity index (χ3v) is 2.19. The van der Waals surface area contributed by atoms with Crippen molar-refractivity contribution in [3.05, 3.63) is 48.2 Å². The second-order valence-electron chi connectivity index (χ2n) is 3.35. The molecule has 0 unspecified atom stereocenters. The first-order valence-corrected chi connectivity index (χ1v) is 4.85. The molecule has 2 rings (SSSR count). The lowest BCUT2D eigenvalue weighted by Crippen LogP contribution is -2.26. The van der Waals surface area contributed by atoms with Crippen molar-refractivity contribution in [3.8, 4) is 0 Å². The molecule has 0 aliphatic carbocycles. The van der Waals surface area contributed by atoms with Crippen LogP contribution in [0.3, 0.4) is 0 Å². The van der Waals surface area contributed by atoms with Crippen LogP contribution < -0.4 is 0 Å². The molecule has 3 heteroatoms. The van der Waals surface area contributed by atoms with Crippen molar-refractivity contribution in [1.82, 2.24) is 4.90 Å². The molecule has 0 aromatic heterocycles. The molecule has 1 heterocycles. The van der Waals surface area contributed by atoms with Crippen molar-refractivity contribution in [1.29, 1.82) is 0 Å².